The van der Waals surface area contributed by atoms with Gasteiger partial charge in [-0.2, -0.15) is 5.10 Å². The van der Waals surface area contributed by atoms with Gasteiger partial charge in [-0.15, -0.1) is 0 Å². The Morgan fingerprint density at radius 1 is 1.47 bits per heavy atom. The topological polar surface area (TPSA) is 70.7 Å². The van der Waals surface area contributed by atoms with Crippen LogP contribution in [0.15, 0.2) is 6.33 Å². The maximum absolute atomic E-state index is 12.1. The Kier molecular flexibility index (Phi) is 2.61. The fraction of sp³-hybridized carbons (Fsp3) is 0.750. The molecule has 5 heteroatoms. The molecule has 0 aliphatic heterocycles. The van der Waals surface area contributed by atoms with Gasteiger partial charge in [0.1, 0.15) is 12.2 Å². The highest BCUT2D eigenvalue weighted by molar-refractivity contribution is 5.82. The highest BCUT2D eigenvalue weighted by atomic mass is 16.2. The summed E-state index contributed by atoms with van der Waals surface area (Å²) in [7, 11) is 0. The molecule has 2 aliphatic carbocycles. The molecule has 2 fully saturated rings. The van der Waals surface area contributed by atoms with Crippen molar-refractivity contribution in [3.8, 4) is 0 Å². The van der Waals surface area contributed by atoms with Crippen molar-refractivity contribution < 1.29 is 4.79 Å². The molecular weight excluding hydrogens is 216 g/mol. The van der Waals surface area contributed by atoms with E-state index in [0.29, 0.717) is 11.8 Å². The summed E-state index contributed by atoms with van der Waals surface area (Å²) in [6.07, 6.45) is 6.53. The smallest absolute Gasteiger partial charge is 0.224 e. The van der Waals surface area contributed by atoms with Crippen molar-refractivity contribution in [1.82, 2.24) is 20.5 Å². The monoisotopic (exact) mass is 234 g/mol. The average molecular weight is 234 g/mol. The van der Waals surface area contributed by atoms with Gasteiger partial charge in [0.25, 0.3) is 0 Å². The van der Waals surface area contributed by atoms with Crippen molar-refractivity contribution in [3.63, 3.8) is 0 Å². The van der Waals surface area contributed by atoms with Crippen LogP contribution >= 0.6 is 0 Å². The van der Waals surface area contributed by atoms with E-state index in [1.807, 2.05) is 6.92 Å². The first-order valence-corrected chi connectivity index (χ1v) is 6.43. The van der Waals surface area contributed by atoms with Gasteiger partial charge in [0.15, 0.2) is 0 Å². The lowest BCUT2D eigenvalue weighted by Crippen LogP contribution is -2.29. The third kappa shape index (κ3) is 1.94. The molecule has 1 heterocycles. The van der Waals surface area contributed by atoms with E-state index in [-0.39, 0.29) is 17.9 Å². The number of rotatable bonds is 3. The molecule has 3 atom stereocenters. The molecule has 1 amide bonds. The normalized spacial score (nSPS) is 32.6. The van der Waals surface area contributed by atoms with E-state index in [2.05, 4.69) is 20.5 Å². The first-order chi connectivity index (χ1) is 8.27. The predicted molar refractivity (Wildman–Crippen MR) is 61.9 cm³/mol. The zero-order valence-electron chi connectivity index (χ0n) is 10.0. The van der Waals surface area contributed by atoms with Crippen LogP contribution in [0.2, 0.25) is 0 Å². The van der Waals surface area contributed by atoms with Gasteiger partial charge in [-0.3, -0.25) is 9.89 Å². The molecule has 3 unspecified atom stereocenters. The molecule has 0 aromatic carbocycles. The molecule has 17 heavy (non-hydrogen) atoms. The zero-order chi connectivity index (χ0) is 11.8. The summed E-state index contributed by atoms with van der Waals surface area (Å²) in [6, 6.07) is -0.0762. The number of nitrogens with one attached hydrogen (secondary N) is 2. The number of fused-ring (bicyclic) bond motifs is 1. The zero-order valence-corrected chi connectivity index (χ0v) is 10.0. The summed E-state index contributed by atoms with van der Waals surface area (Å²) < 4.78 is 0. The first-order valence-electron chi connectivity index (χ1n) is 6.43. The number of carbonyl (C=O) groups is 1. The van der Waals surface area contributed by atoms with Crippen LogP contribution in [-0.2, 0) is 4.79 Å². The summed E-state index contributed by atoms with van der Waals surface area (Å²) in [5.41, 5.74) is 0. The Balaban J connectivity index is 1.57. The fourth-order valence-electron chi connectivity index (χ4n) is 3.18. The third-order valence-electron chi connectivity index (χ3n) is 4.16. The van der Waals surface area contributed by atoms with Crippen LogP contribution in [0.3, 0.4) is 0 Å². The Morgan fingerprint density at radius 3 is 2.76 bits per heavy atom. The number of H-pyrrole nitrogens is 1. The van der Waals surface area contributed by atoms with Gasteiger partial charge in [-0.1, -0.05) is 12.8 Å². The number of hydrogen-bond donors (Lipinski definition) is 2. The Morgan fingerprint density at radius 2 is 2.18 bits per heavy atom. The third-order valence-corrected chi connectivity index (χ3v) is 4.16. The predicted octanol–water partition coefficient (Wildman–Crippen LogP) is 1.42. The minimum Gasteiger partial charge on any atom is -0.346 e. The fourth-order valence-corrected chi connectivity index (χ4v) is 3.18. The maximum Gasteiger partial charge on any atom is 0.224 e. The lowest BCUT2D eigenvalue weighted by atomic mass is 10.0. The minimum atomic E-state index is -0.0762. The number of aromatic nitrogens is 3. The van der Waals surface area contributed by atoms with Gasteiger partial charge in [0.05, 0.1) is 6.04 Å². The van der Waals surface area contributed by atoms with Crippen LogP contribution in [0.1, 0.15) is 44.5 Å². The van der Waals surface area contributed by atoms with Crippen molar-refractivity contribution >= 4 is 5.91 Å². The van der Waals surface area contributed by atoms with Gasteiger partial charge >= 0.3 is 0 Å². The van der Waals surface area contributed by atoms with Gasteiger partial charge in [0, 0.05) is 5.92 Å². The molecule has 3 rings (SSSR count). The summed E-state index contributed by atoms with van der Waals surface area (Å²) in [5.74, 6) is 2.51. The number of aromatic amines is 1. The van der Waals surface area contributed by atoms with Crippen LogP contribution in [0.4, 0.5) is 0 Å². The molecule has 1 aromatic rings. The molecule has 0 spiro atoms. The Labute approximate surface area is 100 Å². The lowest BCUT2D eigenvalue weighted by Gasteiger charge is -2.10. The number of hydrogen-bond acceptors (Lipinski definition) is 3. The lowest BCUT2D eigenvalue weighted by molar-refractivity contribution is -0.123. The van der Waals surface area contributed by atoms with Crippen molar-refractivity contribution in [3.05, 3.63) is 12.2 Å². The van der Waals surface area contributed by atoms with Crippen molar-refractivity contribution in [1.29, 1.82) is 0 Å². The van der Waals surface area contributed by atoms with Crippen molar-refractivity contribution in [2.75, 3.05) is 0 Å². The van der Waals surface area contributed by atoms with E-state index >= 15 is 0 Å². The molecule has 92 valence electrons. The van der Waals surface area contributed by atoms with Crippen LogP contribution in [-0.4, -0.2) is 21.1 Å². The Hall–Kier alpha value is -1.39. The summed E-state index contributed by atoms with van der Waals surface area (Å²) in [5, 5.41) is 9.61. The second kappa shape index (κ2) is 4.13. The number of nitrogens with zero attached hydrogens (tertiary/aromatic N) is 2. The van der Waals surface area contributed by atoms with E-state index < -0.39 is 0 Å². The first kappa shape index (κ1) is 10.7. The molecule has 5 nitrogen and oxygen atoms in total. The maximum atomic E-state index is 12.1. The molecule has 2 saturated carbocycles. The van der Waals surface area contributed by atoms with Crippen LogP contribution < -0.4 is 5.32 Å². The molecule has 0 bridgehead atoms. The van der Waals surface area contributed by atoms with Gasteiger partial charge in [-0.05, 0) is 31.6 Å². The van der Waals surface area contributed by atoms with Gasteiger partial charge in [-0.25, -0.2) is 4.98 Å². The van der Waals surface area contributed by atoms with E-state index in [0.717, 1.165) is 5.82 Å². The summed E-state index contributed by atoms with van der Waals surface area (Å²) >= 11 is 0. The quantitative estimate of drug-likeness (QED) is 0.830. The van der Waals surface area contributed by atoms with Crippen molar-refractivity contribution in [2.24, 2.45) is 17.8 Å². The second-order valence-corrected chi connectivity index (χ2v) is 5.24. The van der Waals surface area contributed by atoms with Crippen molar-refractivity contribution in [2.45, 2.75) is 38.6 Å². The molecular formula is C12H18N4O. The van der Waals surface area contributed by atoms with E-state index in [4.69, 9.17) is 0 Å². The van der Waals surface area contributed by atoms with E-state index in [1.54, 1.807) is 0 Å². The summed E-state index contributed by atoms with van der Waals surface area (Å²) in [6.45, 7) is 1.93. The van der Waals surface area contributed by atoms with Gasteiger partial charge in [0.2, 0.25) is 5.91 Å². The molecule has 0 saturated heterocycles. The summed E-state index contributed by atoms with van der Waals surface area (Å²) in [4.78, 5) is 16.2. The van der Waals surface area contributed by atoms with Crippen LogP contribution in [0, 0.1) is 17.8 Å². The highest BCUT2D eigenvalue weighted by Crippen LogP contribution is 2.55. The molecule has 0 radical (unpaired) electrons. The average Bonchev–Trinajstić information content (AvgIpc) is 2.80. The van der Waals surface area contributed by atoms with E-state index in [9.17, 15) is 4.79 Å². The largest absolute Gasteiger partial charge is 0.346 e. The highest BCUT2D eigenvalue weighted by Gasteiger charge is 2.54. The Bertz CT molecular complexity index is 391. The molecule has 2 aliphatic rings. The van der Waals surface area contributed by atoms with Crippen LogP contribution in [0.5, 0.6) is 0 Å². The minimum absolute atomic E-state index is 0.0762. The number of amides is 1. The molecule has 1 aromatic heterocycles. The van der Waals surface area contributed by atoms with Crippen LogP contribution in [0.25, 0.3) is 0 Å². The molecule has 2 N–H and O–H groups in total. The van der Waals surface area contributed by atoms with E-state index in [1.165, 1.54) is 32.0 Å². The standard InChI is InChI=1S/C12H18N4O/c1-7(11-13-6-14-16-11)15-12(17)10-8-4-2-3-5-9(8)10/h6-10H,2-5H2,1H3,(H,15,17)(H,13,14,16). The second-order valence-electron chi connectivity index (χ2n) is 5.24. The SMILES string of the molecule is CC(NC(=O)C1C2CCCCC21)c1ncn[nH]1. The number of carbonyl (C=O) groups excluding carboxylic acids is 1. The van der Waals surface area contributed by atoms with Gasteiger partial charge < -0.3 is 5.32 Å².